The average Bonchev–Trinajstić information content (AvgIpc) is 2.76. The van der Waals surface area contributed by atoms with Gasteiger partial charge < -0.3 is 9.47 Å². The fourth-order valence-electron chi connectivity index (χ4n) is 2.81. The summed E-state index contributed by atoms with van der Waals surface area (Å²) in [7, 11) is 1.41. The van der Waals surface area contributed by atoms with Gasteiger partial charge >= 0.3 is 5.97 Å². The van der Waals surface area contributed by atoms with Gasteiger partial charge in [-0.05, 0) is 46.9 Å². The zero-order valence-electron chi connectivity index (χ0n) is 16.0. The molecule has 0 N–H and O–H groups in total. The highest BCUT2D eigenvalue weighted by Crippen LogP contribution is 2.17. The molecule has 3 nitrogen and oxygen atoms in total. The Hall–Kier alpha value is -3.33. The highest BCUT2D eigenvalue weighted by Gasteiger charge is 2.02. The summed E-state index contributed by atoms with van der Waals surface area (Å²) in [4.78, 5) is 11.2. The minimum Gasteiger partial charge on any atom is -0.489 e. The first-order valence-electron chi connectivity index (χ1n) is 9.33. The summed E-state index contributed by atoms with van der Waals surface area (Å²) in [6.45, 7) is 0.508. The second-order valence-corrected chi connectivity index (χ2v) is 6.50. The van der Waals surface area contributed by atoms with E-state index in [0.717, 1.165) is 22.4 Å². The van der Waals surface area contributed by atoms with Gasteiger partial charge in [-0.15, -0.1) is 0 Å². The molecular weight excluding hydrogens is 348 g/mol. The van der Waals surface area contributed by atoms with Gasteiger partial charge in [0.25, 0.3) is 0 Å². The number of aryl methyl sites for hydroxylation is 1. The van der Waals surface area contributed by atoms with E-state index in [1.54, 1.807) is 0 Å². The van der Waals surface area contributed by atoms with Crippen LogP contribution in [-0.2, 0) is 22.6 Å². The Morgan fingerprint density at radius 1 is 0.821 bits per heavy atom. The maximum absolute atomic E-state index is 11.2. The molecule has 0 radical (unpaired) electrons. The molecule has 0 spiro atoms. The van der Waals surface area contributed by atoms with Crippen molar-refractivity contribution in [3.63, 3.8) is 0 Å². The van der Waals surface area contributed by atoms with Crippen LogP contribution in [0.5, 0.6) is 5.75 Å². The molecule has 3 aromatic rings. The minimum absolute atomic E-state index is 0.193. The van der Waals surface area contributed by atoms with E-state index in [-0.39, 0.29) is 5.97 Å². The fourth-order valence-corrected chi connectivity index (χ4v) is 2.81. The minimum atomic E-state index is -0.193. The van der Waals surface area contributed by atoms with Crippen LogP contribution in [-0.4, -0.2) is 13.1 Å². The first-order valence-corrected chi connectivity index (χ1v) is 9.33. The molecule has 0 aliphatic rings. The third-order valence-corrected chi connectivity index (χ3v) is 4.39. The van der Waals surface area contributed by atoms with E-state index >= 15 is 0 Å². The normalized spacial score (nSPS) is 10.8. The molecule has 0 heterocycles. The Bertz CT molecular complexity index is 912. The molecule has 0 fully saturated rings. The van der Waals surface area contributed by atoms with Gasteiger partial charge in [-0.2, -0.15) is 0 Å². The van der Waals surface area contributed by atoms with Crippen LogP contribution in [0.15, 0.2) is 78.9 Å². The number of carbonyl (C=O) groups excluding carboxylic acids is 1. The molecule has 0 aromatic heterocycles. The van der Waals surface area contributed by atoms with Crippen LogP contribution < -0.4 is 4.74 Å². The number of carbonyl (C=O) groups is 1. The van der Waals surface area contributed by atoms with Gasteiger partial charge in [-0.25, -0.2) is 0 Å². The summed E-state index contributed by atoms with van der Waals surface area (Å²) < 4.78 is 10.6. The van der Waals surface area contributed by atoms with Gasteiger partial charge in [-0.3, -0.25) is 4.79 Å². The second kappa shape index (κ2) is 10.1. The lowest BCUT2D eigenvalue weighted by Gasteiger charge is -2.08. The van der Waals surface area contributed by atoms with Gasteiger partial charge in [0.1, 0.15) is 12.4 Å². The molecule has 3 heteroatoms. The number of methoxy groups -OCH3 is 1. The van der Waals surface area contributed by atoms with Crippen molar-refractivity contribution in [1.82, 2.24) is 0 Å². The number of rotatable bonds is 8. The lowest BCUT2D eigenvalue weighted by atomic mass is 10.1. The largest absolute Gasteiger partial charge is 0.489 e. The van der Waals surface area contributed by atoms with E-state index in [1.807, 2.05) is 48.5 Å². The summed E-state index contributed by atoms with van der Waals surface area (Å²) >= 11 is 0. The lowest BCUT2D eigenvalue weighted by molar-refractivity contribution is -0.140. The standard InChI is InChI=1S/C25H24O3/c1-27-25(26)17-14-21-12-15-24(16-13-21)28-19-23-9-5-8-22(18-23)11-10-20-6-3-2-4-7-20/h2-13,15-16,18H,14,17,19H2,1H3/b11-10+. The third-order valence-electron chi connectivity index (χ3n) is 4.39. The van der Waals surface area contributed by atoms with E-state index in [2.05, 4.69) is 47.2 Å². The van der Waals surface area contributed by atoms with Crippen molar-refractivity contribution >= 4 is 18.1 Å². The molecule has 142 valence electrons. The number of esters is 1. The van der Waals surface area contributed by atoms with Gasteiger partial charge in [0.15, 0.2) is 0 Å². The summed E-state index contributed by atoms with van der Waals surface area (Å²) in [5, 5.41) is 0. The van der Waals surface area contributed by atoms with Crippen molar-refractivity contribution in [2.24, 2.45) is 0 Å². The predicted molar refractivity (Wildman–Crippen MR) is 113 cm³/mol. The SMILES string of the molecule is COC(=O)CCc1ccc(OCc2cccc(/C=C/c3ccccc3)c2)cc1. The van der Waals surface area contributed by atoms with Crippen LogP contribution >= 0.6 is 0 Å². The summed E-state index contributed by atoms with van der Waals surface area (Å²) in [5.74, 6) is 0.619. The molecule has 3 rings (SSSR count). The lowest BCUT2D eigenvalue weighted by Crippen LogP contribution is -2.02. The van der Waals surface area contributed by atoms with Gasteiger partial charge in [0.05, 0.1) is 7.11 Å². The molecule has 0 aliphatic carbocycles. The smallest absolute Gasteiger partial charge is 0.305 e. The zero-order chi connectivity index (χ0) is 19.6. The number of hydrogen-bond acceptors (Lipinski definition) is 3. The Balaban J connectivity index is 1.54. The maximum Gasteiger partial charge on any atom is 0.305 e. The summed E-state index contributed by atoms with van der Waals surface area (Å²) in [6, 6.07) is 26.4. The maximum atomic E-state index is 11.2. The molecular formula is C25H24O3. The fraction of sp³-hybridized carbons (Fsp3) is 0.160. The Kier molecular flexibility index (Phi) is 7.02. The first-order chi connectivity index (χ1) is 13.7. The van der Waals surface area contributed by atoms with Crippen molar-refractivity contribution in [3.8, 4) is 5.75 Å². The van der Waals surface area contributed by atoms with Crippen LogP contribution in [0.3, 0.4) is 0 Å². The molecule has 0 amide bonds. The Morgan fingerprint density at radius 3 is 2.29 bits per heavy atom. The number of ether oxygens (including phenoxy) is 2. The molecule has 0 atom stereocenters. The van der Waals surface area contributed by atoms with Crippen LogP contribution in [0.1, 0.15) is 28.7 Å². The zero-order valence-corrected chi connectivity index (χ0v) is 16.0. The molecule has 0 unspecified atom stereocenters. The Morgan fingerprint density at radius 2 is 1.54 bits per heavy atom. The second-order valence-electron chi connectivity index (χ2n) is 6.50. The van der Waals surface area contributed by atoms with E-state index in [9.17, 15) is 4.79 Å². The highest BCUT2D eigenvalue weighted by molar-refractivity contribution is 5.70. The van der Waals surface area contributed by atoms with Crippen molar-refractivity contribution in [2.75, 3.05) is 7.11 Å². The van der Waals surface area contributed by atoms with Gasteiger partial charge in [0.2, 0.25) is 0 Å². The van der Waals surface area contributed by atoms with Crippen molar-refractivity contribution in [1.29, 1.82) is 0 Å². The van der Waals surface area contributed by atoms with Crippen LogP contribution in [0.2, 0.25) is 0 Å². The number of benzene rings is 3. The first kappa shape index (κ1) is 19.4. The van der Waals surface area contributed by atoms with Gasteiger partial charge in [0, 0.05) is 6.42 Å². The van der Waals surface area contributed by atoms with Crippen molar-refractivity contribution in [3.05, 3.63) is 101 Å². The quantitative estimate of drug-likeness (QED) is 0.385. The van der Waals surface area contributed by atoms with E-state index in [0.29, 0.717) is 19.4 Å². The van der Waals surface area contributed by atoms with E-state index in [1.165, 1.54) is 12.7 Å². The van der Waals surface area contributed by atoms with Gasteiger partial charge in [-0.1, -0.05) is 72.8 Å². The molecule has 0 saturated carbocycles. The highest BCUT2D eigenvalue weighted by atomic mass is 16.5. The molecule has 0 bridgehead atoms. The summed E-state index contributed by atoms with van der Waals surface area (Å²) in [5.41, 5.74) is 4.52. The Labute approximate surface area is 166 Å². The average molecular weight is 372 g/mol. The monoisotopic (exact) mass is 372 g/mol. The summed E-state index contributed by atoms with van der Waals surface area (Å²) in [6.07, 6.45) is 5.27. The van der Waals surface area contributed by atoms with Crippen LogP contribution in [0, 0.1) is 0 Å². The van der Waals surface area contributed by atoms with Crippen LogP contribution in [0.25, 0.3) is 12.2 Å². The molecule has 0 saturated heterocycles. The molecule has 0 aliphatic heterocycles. The van der Waals surface area contributed by atoms with Crippen LogP contribution in [0.4, 0.5) is 0 Å². The predicted octanol–water partition coefficient (Wildman–Crippen LogP) is 5.54. The van der Waals surface area contributed by atoms with E-state index in [4.69, 9.17) is 4.74 Å². The van der Waals surface area contributed by atoms with E-state index < -0.39 is 0 Å². The number of hydrogen-bond donors (Lipinski definition) is 0. The molecule has 28 heavy (non-hydrogen) atoms. The topological polar surface area (TPSA) is 35.5 Å². The third kappa shape index (κ3) is 6.13. The van der Waals surface area contributed by atoms with Crippen molar-refractivity contribution in [2.45, 2.75) is 19.4 Å². The molecule has 3 aromatic carbocycles. The van der Waals surface area contributed by atoms with Crippen molar-refractivity contribution < 1.29 is 14.3 Å².